The van der Waals surface area contributed by atoms with Gasteiger partial charge in [0.2, 0.25) is 5.91 Å². The molecular formula is C17H32N2O. The lowest BCUT2D eigenvalue weighted by Gasteiger charge is -2.37. The number of rotatable bonds is 4. The maximum absolute atomic E-state index is 12.0. The largest absolute Gasteiger partial charge is 0.342 e. The minimum Gasteiger partial charge on any atom is -0.342 e. The fraction of sp³-hybridized carbons (Fsp3) is 0.941. The molecule has 116 valence electrons. The summed E-state index contributed by atoms with van der Waals surface area (Å²) in [4.78, 5) is 14.0. The Kier molecular flexibility index (Phi) is 5.88. The van der Waals surface area contributed by atoms with Crippen LogP contribution >= 0.6 is 0 Å². The summed E-state index contributed by atoms with van der Waals surface area (Å²) in [6.07, 6.45) is 9.12. The smallest absolute Gasteiger partial charge is 0.225 e. The second-order valence-electron chi connectivity index (χ2n) is 7.05. The van der Waals surface area contributed by atoms with Crippen molar-refractivity contribution in [2.75, 3.05) is 13.1 Å². The number of carbonyl (C=O) groups is 1. The predicted molar refractivity (Wildman–Crippen MR) is 83.6 cm³/mol. The zero-order chi connectivity index (χ0) is 14.5. The Bertz CT molecular complexity index is 300. The average molecular weight is 280 g/mol. The van der Waals surface area contributed by atoms with E-state index in [1.165, 1.54) is 32.1 Å². The normalized spacial score (nSPS) is 28.9. The van der Waals surface area contributed by atoms with Crippen molar-refractivity contribution in [1.29, 1.82) is 0 Å². The molecule has 1 aliphatic carbocycles. The van der Waals surface area contributed by atoms with Crippen LogP contribution in [0.25, 0.3) is 0 Å². The van der Waals surface area contributed by atoms with Crippen LogP contribution in [0.5, 0.6) is 0 Å². The molecule has 0 unspecified atom stereocenters. The zero-order valence-electron chi connectivity index (χ0n) is 13.5. The number of carbonyl (C=O) groups excluding carboxylic acids is 1. The second kappa shape index (κ2) is 7.44. The van der Waals surface area contributed by atoms with Gasteiger partial charge in [0.1, 0.15) is 0 Å². The third-order valence-electron chi connectivity index (χ3n) is 5.20. The number of nitrogens with one attached hydrogen (secondary N) is 1. The molecule has 2 rings (SSSR count). The van der Waals surface area contributed by atoms with Crippen LogP contribution in [0.2, 0.25) is 0 Å². The fourth-order valence-electron chi connectivity index (χ4n) is 3.70. The van der Waals surface area contributed by atoms with Gasteiger partial charge < -0.3 is 10.2 Å². The first-order chi connectivity index (χ1) is 9.60. The van der Waals surface area contributed by atoms with Gasteiger partial charge in [-0.15, -0.1) is 0 Å². The predicted octanol–water partition coefficient (Wildman–Crippen LogP) is 3.19. The molecule has 20 heavy (non-hydrogen) atoms. The molecule has 3 nitrogen and oxygen atoms in total. The molecule has 0 spiro atoms. The maximum Gasteiger partial charge on any atom is 0.225 e. The number of hydrogen-bond acceptors (Lipinski definition) is 2. The third kappa shape index (κ3) is 4.21. The summed E-state index contributed by atoms with van der Waals surface area (Å²) in [5.41, 5.74) is 0. The molecular weight excluding hydrogens is 248 g/mol. The SMILES string of the molecule is CCC1CCC(NC2CCN(C(=O)C(C)C)CC2)CC1. The van der Waals surface area contributed by atoms with Gasteiger partial charge in [-0.3, -0.25) is 4.79 Å². The minimum absolute atomic E-state index is 0.142. The first kappa shape index (κ1) is 15.8. The highest BCUT2D eigenvalue weighted by Gasteiger charge is 2.27. The number of piperidine rings is 1. The molecule has 1 aliphatic heterocycles. The lowest BCUT2D eigenvalue weighted by molar-refractivity contribution is -0.135. The number of likely N-dealkylation sites (tertiary alicyclic amines) is 1. The van der Waals surface area contributed by atoms with Crippen LogP contribution in [-0.2, 0) is 4.79 Å². The second-order valence-corrected chi connectivity index (χ2v) is 7.05. The maximum atomic E-state index is 12.0. The van der Waals surface area contributed by atoms with Crippen molar-refractivity contribution in [2.24, 2.45) is 11.8 Å². The van der Waals surface area contributed by atoms with Crippen molar-refractivity contribution in [1.82, 2.24) is 10.2 Å². The van der Waals surface area contributed by atoms with Crippen LogP contribution in [0.4, 0.5) is 0 Å². The molecule has 0 aromatic rings. The van der Waals surface area contributed by atoms with E-state index in [1.54, 1.807) is 0 Å². The summed E-state index contributed by atoms with van der Waals surface area (Å²) in [5, 5.41) is 3.85. The van der Waals surface area contributed by atoms with Gasteiger partial charge in [-0.2, -0.15) is 0 Å². The van der Waals surface area contributed by atoms with Crippen molar-refractivity contribution in [3.05, 3.63) is 0 Å². The van der Waals surface area contributed by atoms with Gasteiger partial charge in [0, 0.05) is 31.1 Å². The van der Waals surface area contributed by atoms with Crippen molar-refractivity contribution >= 4 is 5.91 Å². The lowest BCUT2D eigenvalue weighted by atomic mass is 9.84. The van der Waals surface area contributed by atoms with Gasteiger partial charge in [0.25, 0.3) is 0 Å². The Morgan fingerprint density at radius 1 is 1.05 bits per heavy atom. The number of nitrogens with zero attached hydrogens (tertiary/aromatic N) is 1. The highest BCUT2D eigenvalue weighted by Crippen LogP contribution is 2.27. The van der Waals surface area contributed by atoms with E-state index in [0.717, 1.165) is 37.9 Å². The van der Waals surface area contributed by atoms with Gasteiger partial charge in [-0.25, -0.2) is 0 Å². The summed E-state index contributed by atoms with van der Waals surface area (Å²) in [5.74, 6) is 1.44. The highest BCUT2D eigenvalue weighted by atomic mass is 16.2. The van der Waals surface area contributed by atoms with Gasteiger partial charge in [0.15, 0.2) is 0 Å². The van der Waals surface area contributed by atoms with Crippen LogP contribution < -0.4 is 5.32 Å². The van der Waals surface area contributed by atoms with E-state index in [-0.39, 0.29) is 5.92 Å². The van der Waals surface area contributed by atoms with E-state index >= 15 is 0 Å². The summed E-state index contributed by atoms with van der Waals surface area (Å²) in [6, 6.07) is 1.37. The Labute approximate surface area is 124 Å². The Morgan fingerprint density at radius 2 is 1.60 bits per heavy atom. The van der Waals surface area contributed by atoms with E-state index in [9.17, 15) is 4.79 Å². The highest BCUT2D eigenvalue weighted by molar-refractivity contribution is 5.78. The van der Waals surface area contributed by atoms with Gasteiger partial charge in [0.05, 0.1) is 0 Å². The van der Waals surface area contributed by atoms with Crippen LogP contribution in [0, 0.1) is 11.8 Å². The molecule has 2 fully saturated rings. The summed E-state index contributed by atoms with van der Waals surface area (Å²) in [6.45, 7) is 8.20. The van der Waals surface area contributed by atoms with Crippen molar-refractivity contribution in [2.45, 2.75) is 77.8 Å². The molecule has 0 radical (unpaired) electrons. The summed E-state index contributed by atoms with van der Waals surface area (Å²) < 4.78 is 0. The average Bonchev–Trinajstić information content (AvgIpc) is 2.48. The quantitative estimate of drug-likeness (QED) is 0.857. The minimum atomic E-state index is 0.142. The van der Waals surface area contributed by atoms with Gasteiger partial charge in [-0.1, -0.05) is 27.2 Å². The first-order valence-corrected chi connectivity index (χ1v) is 8.65. The fourth-order valence-corrected chi connectivity index (χ4v) is 3.70. The van der Waals surface area contributed by atoms with E-state index in [4.69, 9.17) is 0 Å². The molecule has 0 aromatic heterocycles. The van der Waals surface area contributed by atoms with Crippen LogP contribution in [0.15, 0.2) is 0 Å². The first-order valence-electron chi connectivity index (χ1n) is 8.65. The molecule has 2 aliphatic rings. The Balaban J connectivity index is 1.68. The van der Waals surface area contributed by atoms with E-state index in [2.05, 4.69) is 17.1 Å². The van der Waals surface area contributed by atoms with E-state index in [0.29, 0.717) is 11.9 Å². The molecule has 0 aromatic carbocycles. The van der Waals surface area contributed by atoms with Crippen molar-refractivity contribution < 1.29 is 4.79 Å². The van der Waals surface area contributed by atoms with Crippen LogP contribution in [0.1, 0.15) is 65.7 Å². The monoisotopic (exact) mass is 280 g/mol. The Morgan fingerprint density at radius 3 is 2.10 bits per heavy atom. The molecule has 1 N–H and O–H groups in total. The third-order valence-corrected chi connectivity index (χ3v) is 5.20. The van der Waals surface area contributed by atoms with Crippen molar-refractivity contribution in [3.63, 3.8) is 0 Å². The molecule has 1 heterocycles. The molecule has 3 heteroatoms. The van der Waals surface area contributed by atoms with Gasteiger partial charge in [-0.05, 0) is 44.4 Å². The van der Waals surface area contributed by atoms with Crippen LogP contribution in [-0.4, -0.2) is 36.0 Å². The summed E-state index contributed by atoms with van der Waals surface area (Å²) in [7, 11) is 0. The number of amides is 1. The Hall–Kier alpha value is -0.570. The molecule has 1 saturated carbocycles. The topological polar surface area (TPSA) is 32.3 Å². The molecule has 1 amide bonds. The summed E-state index contributed by atoms with van der Waals surface area (Å²) >= 11 is 0. The molecule has 0 bridgehead atoms. The van der Waals surface area contributed by atoms with Crippen molar-refractivity contribution in [3.8, 4) is 0 Å². The van der Waals surface area contributed by atoms with E-state index in [1.807, 2.05) is 13.8 Å². The standard InChI is InChI=1S/C17H32N2O/c1-4-14-5-7-15(8-6-14)18-16-9-11-19(12-10-16)17(20)13(2)3/h13-16,18H,4-12H2,1-3H3. The lowest BCUT2D eigenvalue weighted by Crippen LogP contribution is -2.49. The molecule has 1 saturated heterocycles. The van der Waals surface area contributed by atoms with E-state index < -0.39 is 0 Å². The van der Waals surface area contributed by atoms with Crippen LogP contribution in [0.3, 0.4) is 0 Å². The zero-order valence-corrected chi connectivity index (χ0v) is 13.5. The van der Waals surface area contributed by atoms with Gasteiger partial charge >= 0.3 is 0 Å². The molecule has 0 atom stereocenters. The number of hydrogen-bond donors (Lipinski definition) is 1.